The minimum Gasteiger partial charge on any atom is -0.457 e. The smallest absolute Gasteiger partial charge is 0.186 e. The number of carbonyl (C=O) groups is 1. The molecule has 0 spiro atoms. The number of benzene rings is 2. The van der Waals surface area contributed by atoms with E-state index in [4.69, 9.17) is 9.72 Å². The summed E-state index contributed by atoms with van der Waals surface area (Å²) in [6, 6.07) is 17.4. The van der Waals surface area contributed by atoms with E-state index >= 15 is 0 Å². The van der Waals surface area contributed by atoms with Gasteiger partial charge in [0.15, 0.2) is 10.9 Å². The van der Waals surface area contributed by atoms with Crippen molar-refractivity contribution in [3.8, 4) is 22.8 Å². The molecular formula is C22H25N3O2S. The molecule has 6 heteroatoms. The van der Waals surface area contributed by atoms with Crippen LogP contribution in [0, 0.1) is 0 Å². The maximum Gasteiger partial charge on any atom is 0.186 e. The highest BCUT2D eigenvalue weighted by Gasteiger charge is 2.21. The molecule has 2 heterocycles. The Kier molecular flexibility index (Phi) is 6.44. The average molecular weight is 396 g/mol. The Bertz CT molecular complexity index is 917. The summed E-state index contributed by atoms with van der Waals surface area (Å²) >= 11 is 1.48. The number of thiazole rings is 1. The number of carbonyl (C=O) groups excluding carboxylic acids is 1. The number of ketones is 1. The van der Waals surface area contributed by atoms with E-state index in [0.29, 0.717) is 4.88 Å². The van der Waals surface area contributed by atoms with Gasteiger partial charge in [0, 0.05) is 38.7 Å². The Morgan fingerprint density at radius 2 is 1.68 bits per heavy atom. The van der Waals surface area contributed by atoms with E-state index in [0.717, 1.165) is 54.1 Å². The van der Waals surface area contributed by atoms with Crippen molar-refractivity contribution >= 4 is 22.3 Å². The van der Waals surface area contributed by atoms with Gasteiger partial charge in [-0.05, 0) is 36.4 Å². The van der Waals surface area contributed by atoms with E-state index in [2.05, 4.69) is 10.2 Å². The number of para-hydroxylation sites is 1. The maximum absolute atomic E-state index is 12.2. The molecule has 2 aromatic carbocycles. The Balaban J connectivity index is 0.00000225. The van der Waals surface area contributed by atoms with Crippen LogP contribution in [-0.4, -0.2) is 36.9 Å². The van der Waals surface area contributed by atoms with Crippen LogP contribution in [0.2, 0.25) is 0 Å². The van der Waals surface area contributed by atoms with Gasteiger partial charge in [0.25, 0.3) is 0 Å². The number of anilines is 1. The van der Waals surface area contributed by atoms with Gasteiger partial charge in [0.05, 0.1) is 10.6 Å². The molecule has 1 aliphatic rings. The number of rotatable bonds is 5. The monoisotopic (exact) mass is 395 g/mol. The summed E-state index contributed by atoms with van der Waals surface area (Å²) in [6.07, 6.45) is 0. The highest BCUT2D eigenvalue weighted by Crippen LogP contribution is 2.34. The molecule has 3 aromatic rings. The minimum absolute atomic E-state index is 0. The molecule has 0 radical (unpaired) electrons. The molecule has 0 aliphatic carbocycles. The minimum atomic E-state index is 0. The van der Waals surface area contributed by atoms with Crippen molar-refractivity contribution in [2.75, 3.05) is 31.1 Å². The molecule has 0 bridgehead atoms. The second kappa shape index (κ2) is 8.99. The van der Waals surface area contributed by atoms with Crippen LogP contribution in [0.1, 0.15) is 24.0 Å². The number of piperazine rings is 1. The molecule has 1 N–H and O–H groups in total. The van der Waals surface area contributed by atoms with Crippen LogP contribution < -0.4 is 15.0 Å². The molecule has 0 unspecified atom stereocenters. The zero-order valence-corrected chi connectivity index (χ0v) is 16.0. The lowest BCUT2D eigenvalue weighted by Gasteiger charge is -2.26. The van der Waals surface area contributed by atoms with Gasteiger partial charge in [0.2, 0.25) is 0 Å². The lowest BCUT2D eigenvalue weighted by molar-refractivity contribution is 0.102. The molecule has 1 fully saturated rings. The van der Waals surface area contributed by atoms with Gasteiger partial charge in [-0.25, -0.2) is 4.98 Å². The van der Waals surface area contributed by atoms with E-state index in [-0.39, 0.29) is 13.2 Å². The van der Waals surface area contributed by atoms with Crippen molar-refractivity contribution in [2.24, 2.45) is 0 Å². The van der Waals surface area contributed by atoms with Crippen LogP contribution in [0.4, 0.5) is 5.13 Å². The third kappa shape index (κ3) is 4.40. The molecule has 0 amide bonds. The van der Waals surface area contributed by atoms with Crippen LogP contribution in [0.15, 0.2) is 54.6 Å². The third-order valence-corrected chi connectivity index (χ3v) is 5.65. The number of nitrogens with zero attached hydrogens (tertiary/aromatic N) is 2. The van der Waals surface area contributed by atoms with Crippen molar-refractivity contribution in [3.63, 3.8) is 0 Å². The molecule has 5 nitrogen and oxygen atoms in total. The SMILES string of the molecule is C.CC(=O)c1sc(N2CCNCC2)nc1-c1ccc(Oc2ccccc2)cc1. The number of ether oxygens (including phenoxy) is 1. The lowest BCUT2D eigenvalue weighted by Crippen LogP contribution is -2.43. The summed E-state index contributed by atoms with van der Waals surface area (Å²) in [6.45, 7) is 5.30. The summed E-state index contributed by atoms with van der Waals surface area (Å²) in [7, 11) is 0. The molecule has 1 saturated heterocycles. The Labute approximate surface area is 170 Å². The highest BCUT2D eigenvalue weighted by atomic mass is 32.1. The second-order valence-electron chi connectivity index (χ2n) is 6.41. The van der Waals surface area contributed by atoms with E-state index in [1.54, 1.807) is 6.92 Å². The largest absolute Gasteiger partial charge is 0.457 e. The third-order valence-electron chi connectivity index (χ3n) is 4.43. The molecule has 1 aliphatic heterocycles. The molecule has 28 heavy (non-hydrogen) atoms. The second-order valence-corrected chi connectivity index (χ2v) is 7.38. The summed E-state index contributed by atoms with van der Waals surface area (Å²) < 4.78 is 5.85. The molecule has 0 saturated carbocycles. The number of hydrogen-bond acceptors (Lipinski definition) is 6. The van der Waals surface area contributed by atoms with Crippen LogP contribution in [0.25, 0.3) is 11.3 Å². The normalized spacial score (nSPS) is 13.7. The van der Waals surface area contributed by atoms with Crippen LogP contribution >= 0.6 is 11.3 Å². The van der Waals surface area contributed by atoms with Crippen molar-refractivity contribution in [1.82, 2.24) is 10.3 Å². The number of nitrogens with one attached hydrogen (secondary N) is 1. The highest BCUT2D eigenvalue weighted by molar-refractivity contribution is 7.18. The van der Waals surface area contributed by atoms with Crippen molar-refractivity contribution in [3.05, 3.63) is 59.5 Å². The first-order chi connectivity index (χ1) is 13.2. The Morgan fingerprint density at radius 3 is 2.32 bits per heavy atom. The van der Waals surface area contributed by atoms with Gasteiger partial charge >= 0.3 is 0 Å². The van der Waals surface area contributed by atoms with Gasteiger partial charge < -0.3 is 15.0 Å². The van der Waals surface area contributed by atoms with E-state index in [9.17, 15) is 4.79 Å². The molecular weight excluding hydrogens is 370 g/mol. The first-order valence-electron chi connectivity index (χ1n) is 9.01. The topological polar surface area (TPSA) is 54.5 Å². The number of Topliss-reactive ketones (excluding diaryl/α,β-unsaturated/α-hetero) is 1. The van der Waals surface area contributed by atoms with Gasteiger partial charge in [0.1, 0.15) is 11.5 Å². The van der Waals surface area contributed by atoms with Gasteiger partial charge in [-0.1, -0.05) is 37.0 Å². The quantitative estimate of drug-likeness (QED) is 0.626. The fraction of sp³-hybridized carbons (Fsp3) is 0.273. The Hall–Kier alpha value is -2.70. The fourth-order valence-corrected chi connectivity index (χ4v) is 4.08. The predicted octanol–water partition coefficient (Wildman–Crippen LogP) is 4.85. The molecule has 4 rings (SSSR count). The maximum atomic E-state index is 12.2. The summed E-state index contributed by atoms with van der Waals surface area (Å²) in [4.78, 5) is 19.9. The summed E-state index contributed by atoms with van der Waals surface area (Å²) in [5, 5.41) is 4.26. The average Bonchev–Trinajstić information content (AvgIpc) is 3.16. The van der Waals surface area contributed by atoms with Crippen LogP contribution in [0.5, 0.6) is 11.5 Å². The first kappa shape index (κ1) is 20.0. The van der Waals surface area contributed by atoms with Crippen molar-refractivity contribution < 1.29 is 9.53 Å². The standard InChI is InChI=1S/C21H21N3O2S.CH4/c1-15(25)20-19(23-21(27-20)24-13-11-22-12-14-24)16-7-9-18(10-8-16)26-17-5-3-2-4-6-17;/h2-10,22H,11-14H2,1H3;1H4. The van der Waals surface area contributed by atoms with E-state index < -0.39 is 0 Å². The van der Waals surface area contributed by atoms with Crippen molar-refractivity contribution in [2.45, 2.75) is 14.4 Å². The predicted molar refractivity (Wildman–Crippen MR) is 116 cm³/mol. The fourth-order valence-electron chi connectivity index (χ4n) is 3.04. The zero-order valence-electron chi connectivity index (χ0n) is 15.1. The summed E-state index contributed by atoms with van der Waals surface area (Å²) in [5.74, 6) is 1.60. The van der Waals surface area contributed by atoms with E-state index in [1.165, 1.54) is 11.3 Å². The van der Waals surface area contributed by atoms with Crippen LogP contribution in [0.3, 0.4) is 0 Å². The zero-order chi connectivity index (χ0) is 18.6. The van der Waals surface area contributed by atoms with Gasteiger partial charge in [-0.3, -0.25) is 4.79 Å². The van der Waals surface area contributed by atoms with Crippen molar-refractivity contribution in [1.29, 1.82) is 0 Å². The molecule has 1 aromatic heterocycles. The summed E-state index contributed by atoms with van der Waals surface area (Å²) in [5.41, 5.74) is 1.69. The molecule has 146 valence electrons. The van der Waals surface area contributed by atoms with Gasteiger partial charge in [-0.2, -0.15) is 0 Å². The van der Waals surface area contributed by atoms with E-state index in [1.807, 2.05) is 54.6 Å². The van der Waals surface area contributed by atoms with Gasteiger partial charge in [-0.15, -0.1) is 0 Å². The lowest BCUT2D eigenvalue weighted by atomic mass is 10.1. The Morgan fingerprint density at radius 1 is 1.04 bits per heavy atom. The molecule has 0 atom stereocenters. The van der Waals surface area contributed by atoms with Crippen LogP contribution in [-0.2, 0) is 0 Å². The first-order valence-corrected chi connectivity index (χ1v) is 9.83. The number of hydrogen-bond donors (Lipinski definition) is 1. The number of aromatic nitrogens is 1.